The van der Waals surface area contributed by atoms with Crippen LogP contribution in [-0.2, 0) is 9.59 Å². The van der Waals surface area contributed by atoms with E-state index in [1.807, 2.05) is 4.90 Å². The fraction of sp³-hybridized carbons (Fsp3) is 0.818. The fourth-order valence-electron chi connectivity index (χ4n) is 1.95. The zero-order valence-corrected chi connectivity index (χ0v) is 11.1. The Bertz CT molecular complexity index is 253. The molecule has 3 N–H and O–H groups in total. The lowest BCUT2D eigenvalue weighted by Gasteiger charge is -2.31. The summed E-state index contributed by atoms with van der Waals surface area (Å²) in [6.45, 7) is 3.83. The third kappa shape index (κ3) is 5.37. The number of amides is 2. The largest absolute Gasteiger partial charge is 0.346 e. The second-order valence-electron chi connectivity index (χ2n) is 4.21. The first-order chi connectivity index (χ1) is 7.67. The zero-order valence-electron chi connectivity index (χ0n) is 10.3. The molecule has 0 aromatic heterocycles. The fourth-order valence-corrected chi connectivity index (χ4v) is 1.95. The molecule has 17 heavy (non-hydrogen) atoms. The van der Waals surface area contributed by atoms with Crippen molar-refractivity contribution in [1.29, 1.82) is 0 Å². The molecule has 1 aliphatic heterocycles. The lowest BCUT2D eigenvalue weighted by molar-refractivity contribution is -0.133. The monoisotopic (exact) mass is 263 g/mol. The summed E-state index contributed by atoms with van der Waals surface area (Å²) < 4.78 is 0. The van der Waals surface area contributed by atoms with E-state index in [4.69, 9.17) is 5.73 Å². The zero-order chi connectivity index (χ0) is 12.0. The summed E-state index contributed by atoms with van der Waals surface area (Å²) in [5.74, 6) is 0.468. The van der Waals surface area contributed by atoms with Crippen molar-refractivity contribution in [3.05, 3.63) is 0 Å². The molecule has 6 heteroatoms. The first kappa shape index (κ1) is 16.2. The molecular formula is C11H22ClN3O2. The Morgan fingerprint density at radius 1 is 1.35 bits per heavy atom. The van der Waals surface area contributed by atoms with Gasteiger partial charge in [-0.05, 0) is 18.8 Å². The molecule has 0 bridgehead atoms. The van der Waals surface area contributed by atoms with Crippen LogP contribution in [0.5, 0.6) is 0 Å². The standard InChI is InChI=1S/C11H21N3O2.ClH/c1-2-9-3-5-14(6-4-9)11(16)8-13-10(15)7-12;/h9H,2-8,12H2,1H3,(H,13,15);1H. The molecule has 2 amide bonds. The summed E-state index contributed by atoms with van der Waals surface area (Å²) >= 11 is 0. The van der Waals surface area contributed by atoms with Gasteiger partial charge in [0.25, 0.3) is 0 Å². The van der Waals surface area contributed by atoms with Crippen molar-refractivity contribution in [2.75, 3.05) is 26.2 Å². The summed E-state index contributed by atoms with van der Waals surface area (Å²) in [4.78, 5) is 24.4. The molecule has 0 spiro atoms. The second-order valence-corrected chi connectivity index (χ2v) is 4.21. The topological polar surface area (TPSA) is 75.4 Å². The summed E-state index contributed by atoms with van der Waals surface area (Å²) in [7, 11) is 0. The number of nitrogens with two attached hydrogens (primary N) is 1. The Morgan fingerprint density at radius 2 is 1.94 bits per heavy atom. The van der Waals surface area contributed by atoms with Gasteiger partial charge in [-0.25, -0.2) is 0 Å². The number of carbonyl (C=O) groups excluding carboxylic acids is 2. The summed E-state index contributed by atoms with van der Waals surface area (Å²) in [6, 6.07) is 0. The van der Waals surface area contributed by atoms with E-state index in [-0.39, 0.29) is 37.3 Å². The highest BCUT2D eigenvalue weighted by atomic mass is 35.5. The SMILES string of the molecule is CCC1CCN(C(=O)CNC(=O)CN)CC1.Cl. The molecule has 0 aliphatic carbocycles. The van der Waals surface area contributed by atoms with Gasteiger partial charge >= 0.3 is 0 Å². The van der Waals surface area contributed by atoms with Crippen LogP contribution < -0.4 is 11.1 Å². The van der Waals surface area contributed by atoms with Crippen LogP contribution in [0.2, 0.25) is 0 Å². The Balaban J connectivity index is 0.00000256. The van der Waals surface area contributed by atoms with Crippen LogP contribution in [0.15, 0.2) is 0 Å². The normalized spacial score (nSPS) is 16.2. The minimum absolute atomic E-state index is 0. The molecule has 1 saturated heterocycles. The lowest BCUT2D eigenvalue weighted by atomic mass is 9.94. The first-order valence-electron chi connectivity index (χ1n) is 5.92. The quantitative estimate of drug-likeness (QED) is 0.757. The summed E-state index contributed by atoms with van der Waals surface area (Å²) in [5.41, 5.74) is 5.14. The van der Waals surface area contributed by atoms with E-state index in [2.05, 4.69) is 12.2 Å². The second kappa shape index (κ2) is 8.31. The van der Waals surface area contributed by atoms with Crippen molar-refractivity contribution in [2.45, 2.75) is 26.2 Å². The molecular weight excluding hydrogens is 242 g/mol. The maximum Gasteiger partial charge on any atom is 0.241 e. The van der Waals surface area contributed by atoms with Crippen molar-refractivity contribution in [2.24, 2.45) is 11.7 Å². The van der Waals surface area contributed by atoms with Gasteiger partial charge in [-0.15, -0.1) is 12.4 Å². The maximum atomic E-state index is 11.7. The van der Waals surface area contributed by atoms with Gasteiger partial charge in [-0.1, -0.05) is 13.3 Å². The average Bonchev–Trinajstić information content (AvgIpc) is 2.35. The van der Waals surface area contributed by atoms with Gasteiger partial charge in [-0.3, -0.25) is 9.59 Å². The van der Waals surface area contributed by atoms with E-state index in [1.54, 1.807) is 0 Å². The summed E-state index contributed by atoms with van der Waals surface area (Å²) in [5, 5.41) is 2.50. The Labute approximate surface area is 109 Å². The minimum atomic E-state index is -0.281. The van der Waals surface area contributed by atoms with Crippen LogP contribution in [0.25, 0.3) is 0 Å². The first-order valence-corrected chi connectivity index (χ1v) is 5.92. The molecule has 100 valence electrons. The molecule has 1 heterocycles. The molecule has 0 saturated carbocycles. The number of rotatable bonds is 4. The van der Waals surface area contributed by atoms with E-state index < -0.39 is 0 Å². The van der Waals surface area contributed by atoms with Crippen LogP contribution in [0.1, 0.15) is 26.2 Å². The highest BCUT2D eigenvalue weighted by molar-refractivity contribution is 5.85. The smallest absolute Gasteiger partial charge is 0.241 e. The number of nitrogens with zero attached hydrogens (tertiary/aromatic N) is 1. The van der Waals surface area contributed by atoms with E-state index >= 15 is 0 Å². The molecule has 0 atom stereocenters. The van der Waals surface area contributed by atoms with E-state index in [0.29, 0.717) is 0 Å². The van der Waals surface area contributed by atoms with Crippen molar-refractivity contribution in [3.8, 4) is 0 Å². The Hall–Kier alpha value is -0.810. The predicted octanol–water partition coefficient (Wildman–Crippen LogP) is 0.132. The van der Waals surface area contributed by atoms with Gasteiger partial charge in [0.2, 0.25) is 11.8 Å². The van der Waals surface area contributed by atoms with Gasteiger partial charge in [-0.2, -0.15) is 0 Å². The molecule has 0 aromatic carbocycles. The van der Waals surface area contributed by atoms with Crippen LogP contribution >= 0.6 is 12.4 Å². The molecule has 1 aliphatic rings. The summed E-state index contributed by atoms with van der Waals surface area (Å²) in [6.07, 6.45) is 3.34. The van der Waals surface area contributed by atoms with Gasteiger partial charge in [0, 0.05) is 13.1 Å². The van der Waals surface area contributed by atoms with Crippen molar-refractivity contribution >= 4 is 24.2 Å². The molecule has 1 rings (SSSR count). The lowest BCUT2D eigenvalue weighted by Crippen LogP contribution is -2.45. The number of piperidine rings is 1. The van der Waals surface area contributed by atoms with E-state index in [0.717, 1.165) is 31.8 Å². The predicted molar refractivity (Wildman–Crippen MR) is 68.9 cm³/mol. The Morgan fingerprint density at radius 3 is 2.41 bits per heavy atom. The number of hydrogen-bond acceptors (Lipinski definition) is 3. The highest BCUT2D eigenvalue weighted by Crippen LogP contribution is 2.19. The van der Waals surface area contributed by atoms with Crippen molar-refractivity contribution in [3.63, 3.8) is 0 Å². The van der Waals surface area contributed by atoms with Gasteiger partial charge < -0.3 is 16.0 Å². The van der Waals surface area contributed by atoms with Crippen LogP contribution in [0, 0.1) is 5.92 Å². The number of hydrogen-bond donors (Lipinski definition) is 2. The van der Waals surface area contributed by atoms with E-state index in [9.17, 15) is 9.59 Å². The molecule has 0 aromatic rings. The molecule has 0 radical (unpaired) electrons. The van der Waals surface area contributed by atoms with Crippen LogP contribution in [0.3, 0.4) is 0 Å². The van der Waals surface area contributed by atoms with E-state index in [1.165, 1.54) is 6.42 Å². The Kier molecular flexibility index (Phi) is 7.91. The average molecular weight is 264 g/mol. The van der Waals surface area contributed by atoms with Crippen LogP contribution in [-0.4, -0.2) is 42.9 Å². The van der Waals surface area contributed by atoms with Crippen molar-refractivity contribution in [1.82, 2.24) is 10.2 Å². The molecule has 1 fully saturated rings. The third-order valence-corrected chi connectivity index (χ3v) is 3.17. The van der Waals surface area contributed by atoms with Gasteiger partial charge in [0.1, 0.15) is 0 Å². The maximum absolute atomic E-state index is 11.7. The number of halogens is 1. The van der Waals surface area contributed by atoms with Gasteiger partial charge in [0.05, 0.1) is 13.1 Å². The molecule has 5 nitrogen and oxygen atoms in total. The molecule has 0 unspecified atom stereocenters. The highest BCUT2D eigenvalue weighted by Gasteiger charge is 2.21. The number of nitrogens with one attached hydrogen (secondary N) is 1. The number of likely N-dealkylation sites (tertiary alicyclic amines) is 1. The number of carbonyl (C=O) groups is 2. The third-order valence-electron chi connectivity index (χ3n) is 3.17. The van der Waals surface area contributed by atoms with Crippen molar-refractivity contribution < 1.29 is 9.59 Å². The van der Waals surface area contributed by atoms with Crippen LogP contribution in [0.4, 0.5) is 0 Å². The minimum Gasteiger partial charge on any atom is -0.346 e. The van der Waals surface area contributed by atoms with Gasteiger partial charge in [0.15, 0.2) is 0 Å².